The fourth-order valence-corrected chi connectivity index (χ4v) is 3.95. The van der Waals surface area contributed by atoms with E-state index >= 15 is 0 Å². The number of hydrogen-bond acceptors (Lipinski definition) is 7. The molecule has 0 saturated heterocycles. The number of para-hydroxylation sites is 1. The molecule has 0 aliphatic rings. The molecule has 0 saturated carbocycles. The Balaban J connectivity index is 1.62. The Labute approximate surface area is 223 Å². The molecular weight excluding hydrogens is 508 g/mol. The molecule has 4 unspecified atom stereocenters. The fourth-order valence-electron chi connectivity index (χ4n) is 3.95. The SMILES string of the molecule is CC(NC(=O)C(N)Cc1c[nH]c2ccccc12)C(=O)NC(Cc1cnc[nH]1)C(=O)NC(CCC(N)=O)C(=O)O. The van der Waals surface area contributed by atoms with Crippen molar-refractivity contribution < 1.29 is 29.1 Å². The molecule has 1 aromatic carbocycles. The topological polar surface area (TPSA) is 238 Å². The number of nitrogens with zero attached hydrogens (tertiary/aromatic N) is 1. The van der Waals surface area contributed by atoms with Crippen LogP contribution in [0.2, 0.25) is 0 Å². The highest BCUT2D eigenvalue weighted by atomic mass is 16.4. The van der Waals surface area contributed by atoms with Gasteiger partial charge in [0.15, 0.2) is 0 Å². The molecule has 0 aliphatic carbocycles. The van der Waals surface area contributed by atoms with Crippen molar-refractivity contribution in [1.82, 2.24) is 30.9 Å². The molecule has 14 heteroatoms. The first kappa shape index (κ1) is 28.8. The second-order valence-electron chi connectivity index (χ2n) is 9.15. The number of carbonyl (C=O) groups is 5. The highest BCUT2D eigenvalue weighted by Crippen LogP contribution is 2.18. The normalized spacial score (nSPS) is 14.1. The fraction of sp³-hybridized carbons (Fsp3) is 0.360. The number of primary amides is 1. The smallest absolute Gasteiger partial charge is 0.326 e. The van der Waals surface area contributed by atoms with Crippen LogP contribution >= 0.6 is 0 Å². The summed E-state index contributed by atoms with van der Waals surface area (Å²) in [6.45, 7) is 1.43. The average Bonchev–Trinajstić information content (AvgIpc) is 3.55. The molecule has 14 nitrogen and oxygen atoms in total. The van der Waals surface area contributed by atoms with Crippen LogP contribution in [0.1, 0.15) is 31.0 Å². The van der Waals surface area contributed by atoms with Crippen molar-refractivity contribution in [1.29, 1.82) is 0 Å². The summed E-state index contributed by atoms with van der Waals surface area (Å²) in [6.07, 6.45) is 4.33. The van der Waals surface area contributed by atoms with Crippen LogP contribution in [0.5, 0.6) is 0 Å². The van der Waals surface area contributed by atoms with Gasteiger partial charge in [-0.1, -0.05) is 18.2 Å². The van der Waals surface area contributed by atoms with Crippen molar-refractivity contribution in [3.05, 3.63) is 54.2 Å². The number of benzene rings is 1. The van der Waals surface area contributed by atoms with Gasteiger partial charge >= 0.3 is 5.97 Å². The van der Waals surface area contributed by atoms with E-state index in [1.165, 1.54) is 19.4 Å². The van der Waals surface area contributed by atoms with Gasteiger partial charge in [-0.15, -0.1) is 0 Å². The van der Waals surface area contributed by atoms with E-state index in [-0.39, 0.29) is 25.7 Å². The van der Waals surface area contributed by atoms with Crippen LogP contribution in [-0.4, -0.2) is 73.8 Å². The van der Waals surface area contributed by atoms with Gasteiger partial charge in [0.05, 0.1) is 12.4 Å². The third-order valence-corrected chi connectivity index (χ3v) is 6.11. The molecule has 0 fully saturated rings. The minimum absolute atomic E-state index is 0.0412. The molecule has 4 amide bonds. The van der Waals surface area contributed by atoms with Gasteiger partial charge in [0.1, 0.15) is 18.1 Å². The van der Waals surface area contributed by atoms with Gasteiger partial charge in [-0.05, 0) is 31.4 Å². The van der Waals surface area contributed by atoms with Crippen LogP contribution in [0.25, 0.3) is 10.9 Å². The number of imidazole rings is 1. The number of aromatic nitrogens is 3. The third-order valence-electron chi connectivity index (χ3n) is 6.11. The quantitative estimate of drug-likeness (QED) is 0.124. The Morgan fingerprint density at radius 1 is 0.974 bits per heavy atom. The Kier molecular flexibility index (Phi) is 9.75. The monoisotopic (exact) mass is 540 g/mol. The summed E-state index contributed by atoms with van der Waals surface area (Å²) in [4.78, 5) is 71.0. The molecule has 0 radical (unpaired) electrons. The molecule has 3 rings (SSSR count). The first-order valence-electron chi connectivity index (χ1n) is 12.2. The maximum Gasteiger partial charge on any atom is 0.326 e. The molecule has 2 aromatic heterocycles. The lowest BCUT2D eigenvalue weighted by molar-refractivity contribution is -0.142. The summed E-state index contributed by atoms with van der Waals surface area (Å²) in [7, 11) is 0. The first-order chi connectivity index (χ1) is 18.5. The highest BCUT2D eigenvalue weighted by molar-refractivity contribution is 5.94. The zero-order chi connectivity index (χ0) is 28.5. The Hall–Kier alpha value is -4.72. The number of hydrogen-bond donors (Lipinski definition) is 8. The van der Waals surface area contributed by atoms with Gasteiger partial charge in [-0.25, -0.2) is 9.78 Å². The lowest BCUT2D eigenvalue weighted by Crippen LogP contribution is -2.57. The molecule has 3 aromatic rings. The van der Waals surface area contributed by atoms with Crippen LogP contribution in [-0.2, 0) is 36.8 Å². The lowest BCUT2D eigenvalue weighted by atomic mass is 10.0. The van der Waals surface area contributed by atoms with E-state index in [2.05, 4.69) is 30.9 Å². The number of H-pyrrole nitrogens is 2. The van der Waals surface area contributed by atoms with Crippen molar-refractivity contribution in [3.8, 4) is 0 Å². The summed E-state index contributed by atoms with van der Waals surface area (Å²) in [5.41, 5.74) is 13.4. The predicted octanol–water partition coefficient (Wildman–Crippen LogP) is -1.17. The van der Waals surface area contributed by atoms with Gasteiger partial charge in [-0.3, -0.25) is 19.2 Å². The van der Waals surface area contributed by atoms with Crippen molar-refractivity contribution >= 4 is 40.5 Å². The highest BCUT2D eigenvalue weighted by Gasteiger charge is 2.29. The van der Waals surface area contributed by atoms with Gasteiger partial charge < -0.3 is 42.5 Å². The number of carboxylic acid groups (broad SMARTS) is 1. The summed E-state index contributed by atoms with van der Waals surface area (Å²) in [6, 6.07) is 2.97. The molecule has 208 valence electrons. The van der Waals surface area contributed by atoms with Gasteiger partial charge in [0.2, 0.25) is 23.6 Å². The Morgan fingerprint density at radius 2 is 1.69 bits per heavy atom. The summed E-state index contributed by atoms with van der Waals surface area (Å²) < 4.78 is 0. The Morgan fingerprint density at radius 3 is 2.36 bits per heavy atom. The summed E-state index contributed by atoms with van der Waals surface area (Å²) in [5, 5.41) is 17.8. The number of nitrogens with two attached hydrogens (primary N) is 2. The lowest BCUT2D eigenvalue weighted by Gasteiger charge is -2.23. The first-order valence-corrected chi connectivity index (χ1v) is 12.2. The van der Waals surface area contributed by atoms with Crippen molar-refractivity contribution in [2.24, 2.45) is 11.5 Å². The second-order valence-corrected chi connectivity index (χ2v) is 9.15. The zero-order valence-corrected chi connectivity index (χ0v) is 21.3. The largest absolute Gasteiger partial charge is 0.480 e. The predicted molar refractivity (Wildman–Crippen MR) is 140 cm³/mol. The van der Waals surface area contributed by atoms with Gasteiger partial charge in [0, 0.05) is 41.8 Å². The maximum atomic E-state index is 13.0. The van der Waals surface area contributed by atoms with E-state index in [0.29, 0.717) is 5.69 Å². The van der Waals surface area contributed by atoms with Gasteiger partial charge in [0.25, 0.3) is 0 Å². The van der Waals surface area contributed by atoms with Crippen LogP contribution < -0.4 is 27.4 Å². The molecule has 39 heavy (non-hydrogen) atoms. The maximum absolute atomic E-state index is 13.0. The van der Waals surface area contributed by atoms with E-state index in [0.717, 1.165) is 16.5 Å². The number of fused-ring (bicyclic) bond motifs is 1. The standard InChI is InChI=1S/C25H32N8O6/c1-13(31-23(36)17(26)8-14-10-29-18-5-3-2-4-16(14)18)22(35)33-20(9-15-11-28-12-30-15)24(37)32-19(25(38)39)6-7-21(27)34/h2-5,10-13,17,19-20,29H,6-9,26H2,1H3,(H2,27,34)(H,28,30)(H,31,36)(H,32,37)(H,33,35)(H,38,39). The summed E-state index contributed by atoms with van der Waals surface area (Å²) >= 11 is 0. The number of aliphatic carboxylic acids is 1. The number of amides is 4. The van der Waals surface area contributed by atoms with E-state index in [9.17, 15) is 29.1 Å². The Bertz CT molecular complexity index is 1320. The average molecular weight is 541 g/mol. The minimum atomic E-state index is -1.40. The van der Waals surface area contributed by atoms with Crippen LogP contribution in [0.4, 0.5) is 0 Å². The van der Waals surface area contributed by atoms with Crippen LogP contribution in [0.15, 0.2) is 43.0 Å². The molecular formula is C25H32N8O6. The van der Waals surface area contributed by atoms with Gasteiger partial charge in [-0.2, -0.15) is 0 Å². The summed E-state index contributed by atoms with van der Waals surface area (Å²) in [5.74, 6) is -4.13. The van der Waals surface area contributed by atoms with E-state index in [1.807, 2.05) is 24.3 Å². The zero-order valence-electron chi connectivity index (χ0n) is 21.3. The number of carboxylic acids is 1. The van der Waals surface area contributed by atoms with Crippen molar-refractivity contribution in [2.45, 2.75) is 56.8 Å². The number of aromatic amines is 2. The molecule has 2 heterocycles. The number of rotatable bonds is 14. The van der Waals surface area contributed by atoms with Crippen molar-refractivity contribution in [2.75, 3.05) is 0 Å². The van der Waals surface area contributed by atoms with E-state index < -0.39 is 53.8 Å². The number of nitrogens with one attached hydrogen (secondary N) is 5. The molecule has 10 N–H and O–H groups in total. The second kappa shape index (κ2) is 13.2. The number of carbonyl (C=O) groups excluding carboxylic acids is 4. The van der Waals surface area contributed by atoms with Crippen LogP contribution in [0, 0.1) is 0 Å². The molecule has 0 aliphatic heterocycles. The van der Waals surface area contributed by atoms with Crippen LogP contribution in [0.3, 0.4) is 0 Å². The van der Waals surface area contributed by atoms with E-state index in [1.54, 1.807) is 6.20 Å². The molecule has 4 atom stereocenters. The third kappa shape index (κ3) is 8.13. The van der Waals surface area contributed by atoms with E-state index in [4.69, 9.17) is 11.5 Å². The minimum Gasteiger partial charge on any atom is -0.480 e. The molecule has 0 bridgehead atoms. The van der Waals surface area contributed by atoms with Crippen molar-refractivity contribution in [3.63, 3.8) is 0 Å². The molecule has 0 spiro atoms.